The van der Waals surface area contributed by atoms with Gasteiger partial charge in [0.2, 0.25) is 5.91 Å². The van der Waals surface area contributed by atoms with E-state index in [0.717, 1.165) is 49.1 Å². The van der Waals surface area contributed by atoms with Crippen LogP contribution in [-0.4, -0.2) is 40.1 Å². The van der Waals surface area contributed by atoms with Crippen LogP contribution in [0.4, 0.5) is 0 Å². The first-order valence-corrected chi connectivity index (χ1v) is 9.62. The number of piperidine rings is 1. The minimum atomic E-state index is 0.0670. The fourth-order valence-electron chi connectivity index (χ4n) is 3.53. The first-order chi connectivity index (χ1) is 12.3. The molecule has 5 nitrogen and oxygen atoms in total. The largest absolute Gasteiger partial charge is 0.352 e. The minimum absolute atomic E-state index is 0.0670. The summed E-state index contributed by atoms with van der Waals surface area (Å²) in [5.41, 5.74) is 1.80. The lowest BCUT2D eigenvalue weighted by Crippen LogP contribution is -2.47. The van der Waals surface area contributed by atoms with Gasteiger partial charge in [-0.1, -0.05) is 24.3 Å². The van der Waals surface area contributed by atoms with E-state index in [1.54, 1.807) is 11.3 Å². The van der Waals surface area contributed by atoms with Crippen molar-refractivity contribution in [2.75, 3.05) is 13.1 Å². The Morgan fingerprint density at radius 3 is 3.12 bits per heavy atom. The lowest BCUT2D eigenvalue weighted by Gasteiger charge is -2.32. The Hall–Kier alpha value is -2.18. The lowest BCUT2D eigenvalue weighted by molar-refractivity contribution is -0.121. The first-order valence-electron chi connectivity index (χ1n) is 8.74. The van der Waals surface area contributed by atoms with Crippen molar-refractivity contribution in [2.45, 2.75) is 31.8 Å². The number of fused-ring (bicyclic) bond motifs is 1. The van der Waals surface area contributed by atoms with Gasteiger partial charge in [-0.05, 0) is 36.9 Å². The summed E-state index contributed by atoms with van der Waals surface area (Å²) in [5, 5.41) is 13.6. The summed E-state index contributed by atoms with van der Waals surface area (Å²) in [4.78, 5) is 16.3. The molecule has 0 saturated carbocycles. The number of benzene rings is 1. The van der Waals surface area contributed by atoms with Crippen molar-refractivity contribution in [3.63, 3.8) is 0 Å². The van der Waals surface area contributed by atoms with Crippen LogP contribution in [0.3, 0.4) is 0 Å². The summed E-state index contributed by atoms with van der Waals surface area (Å²) in [7, 11) is 0. The van der Waals surface area contributed by atoms with Crippen molar-refractivity contribution in [3.05, 3.63) is 52.3 Å². The molecule has 0 bridgehead atoms. The molecule has 1 aliphatic heterocycles. The molecule has 0 aliphatic carbocycles. The Bertz CT molecular complexity index is 842. The summed E-state index contributed by atoms with van der Waals surface area (Å²) in [6, 6.07) is 12.4. The van der Waals surface area contributed by atoms with E-state index in [0.29, 0.717) is 6.42 Å². The molecule has 2 N–H and O–H groups in total. The second kappa shape index (κ2) is 7.37. The Morgan fingerprint density at radius 2 is 2.24 bits per heavy atom. The number of nitrogens with one attached hydrogen (secondary N) is 2. The third-order valence-electron chi connectivity index (χ3n) is 4.71. The van der Waals surface area contributed by atoms with Gasteiger partial charge in [0.15, 0.2) is 0 Å². The number of rotatable bonds is 5. The summed E-state index contributed by atoms with van der Waals surface area (Å²) < 4.78 is 0. The number of nitrogens with zero attached hydrogens (tertiary/aromatic N) is 2. The van der Waals surface area contributed by atoms with Crippen molar-refractivity contribution in [1.29, 1.82) is 0 Å². The Morgan fingerprint density at radius 1 is 1.32 bits per heavy atom. The summed E-state index contributed by atoms with van der Waals surface area (Å²) >= 11 is 1.80. The van der Waals surface area contributed by atoms with Crippen LogP contribution >= 0.6 is 11.3 Å². The Kier molecular flexibility index (Phi) is 4.81. The van der Waals surface area contributed by atoms with Crippen molar-refractivity contribution < 1.29 is 4.79 Å². The van der Waals surface area contributed by atoms with Crippen molar-refractivity contribution in [2.24, 2.45) is 0 Å². The van der Waals surface area contributed by atoms with Crippen LogP contribution in [-0.2, 0) is 17.8 Å². The maximum Gasteiger partial charge on any atom is 0.226 e. The van der Waals surface area contributed by atoms with Gasteiger partial charge in [-0.25, -0.2) is 0 Å². The number of carbonyl (C=O) groups excluding carboxylic acids is 1. The highest BCUT2D eigenvalue weighted by Crippen LogP contribution is 2.18. The topological polar surface area (TPSA) is 61.0 Å². The van der Waals surface area contributed by atoms with Gasteiger partial charge in [0.1, 0.15) is 0 Å². The normalized spacial score (nSPS) is 18.5. The maximum atomic E-state index is 12.5. The van der Waals surface area contributed by atoms with Crippen LogP contribution < -0.4 is 5.32 Å². The zero-order chi connectivity index (χ0) is 17.1. The van der Waals surface area contributed by atoms with Crippen LogP contribution in [0.15, 0.2) is 41.8 Å². The number of thiophene rings is 1. The van der Waals surface area contributed by atoms with E-state index in [2.05, 4.69) is 37.9 Å². The number of amides is 1. The Balaban J connectivity index is 1.34. The van der Waals surface area contributed by atoms with E-state index in [1.165, 1.54) is 4.88 Å². The smallest absolute Gasteiger partial charge is 0.226 e. The summed E-state index contributed by atoms with van der Waals surface area (Å²) in [6.07, 6.45) is 2.53. The highest BCUT2D eigenvalue weighted by molar-refractivity contribution is 7.09. The van der Waals surface area contributed by atoms with E-state index >= 15 is 0 Å². The van der Waals surface area contributed by atoms with Crippen molar-refractivity contribution in [1.82, 2.24) is 20.4 Å². The van der Waals surface area contributed by atoms with Crippen molar-refractivity contribution >= 4 is 28.1 Å². The zero-order valence-corrected chi connectivity index (χ0v) is 14.9. The maximum absolute atomic E-state index is 12.5. The molecule has 6 heteroatoms. The highest BCUT2D eigenvalue weighted by atomic mass is 32.1. The van der Waals surface area contributed by atoms with Gasteiger partial charge in [0.05, 0.1) is 17.6 Å². The number of H-pyrrole nitrogens is 1. The zero-order valence-electron chi connectivity index (χ0n) is 14.1. The third-order valence-corrected chi connectivity index (χ3v) is 5.57. The summed E-state index contributed by atoms with van der Waals surface area (Å²) in [6.45, 7) is 3.01. The number of para-hydroxylation sites is 1. The first kappa shape index (κ1) is 16.3. The second-order valence-electron chi connectivity index (χ2n) is 6.62. The predicted molar refractivity (Wildman–Crippen MR) is 101 cm³/mol. The van der Waals surface area contributed by atoms with Gasteiger partial charge >= 0.3 is 0 Å². The molecule has 1 saturated heterocycles. The quantitative estimate of drug-likeness (QED) is 0.740. The van der Waals surface area contributed by atoms with Gasteiger partial charge in [0.25, 0.3) is 0 Å². The van der Waals surface area contributed by atoms with E-state index in [4.69, 9.17) is 0 Å². The van der Waals surface area contributed by atoms with Crippen LogP contribution in [0.25, 0.3) is 10.9 Å². The van der Waals surface area contributed by atoms with Crippen LogP contribution in [0.1, 0.15) is 23.4 Å². The molecule has 1 atom stereocenters. The average Bonchev–Trinajstić information content (AvgIpc) is 3.26. The standard InChI is InChI=1S/C19H22N4OS/c24-19(11-18-16-7-1-2-8-17(16)21-22-18)20-14-5-3-9-23(12-14)13-15-6-4-10-25-15/h1-2,4,6-8,10,14H,3,5,9,11-13H2,(H,20,24)(H,21,22)/t14-/m1/s1. The SMILES string of the molecule is O=C(Cc1[nH]nc2ccccc12)N[C@@H]1CCCN(Cc2cccs2)C1. The highest BCUT2D eigenvalue weighted by Gasteiger charge is 2.22. The molecule has 4 rings (SSSR count). The molecule has 3 aromatic rings. The number of hydrogen-bond acceptors (Lipinski definition) is 4. The number of aromatic nitrogens is 2. The van der Waals surface area contributed by atoms with Gasteiger partial charge < -0.3 is 5.32 Å². The van der Waals surface area contributed by atoms with Crippen LogP contribution in [0, 0.1) is 0 Å². The fraction of sp³-hybridized carbons (Fsp3) is 0.368. The third kappa shape index (κ3) is 3.91. The van der Waals surface area contributed by atoms with Gasteiger partial charge in [-0.3, -0.25) is 14.8 Å². The molecule has 1 aliphatic rings. The van der Waals surface area contributed by atoms with Crippen LogP contribution in [0.5, 0.6) is 0 Å². The summed E-state index contributed by atoms with van der Waals surface area (Å²) in [5.74, 6) is 0.0670. The molecular weight excluding hydrogens is 332 g/mol. The van der Waals surface area contributed by atoms with Crippen molar-refractivity contribution in [3.8, 4) is 0 Å². The molecule has 0 unspecified atom stereocenters. The molecule has 0 spiro atoms. The minimum Gasteiger partial charge on any atom is -0.352 e. The van der Waals surface area contributed by atoms with E-state index in [9.17, 15) is 4.79 Å². The lowest BCUT2D eigenvalue weighted by atomic mass is 10.0. The van der Waals surface area contributed by atoms with E-state index < -0.39 is 0 Å². The molecule has 25 heavy (non-hydrogen) atoms. The van der Waals surface area contributed by atoms with Gasteiger partial charge in [-0.2, -0.15) is 5.10 Å². The molecule has 2 aromatic heterocycles. The number of aromatic amines is 1. The molecule has 0 radical (unpaired) electrons. The molecule has 1 amide bonds. The number of carbonyl (C=O) groups is 1. The molecule has 1 fully saturated rings. The monoisotopic (exact) mass is 354 g/mol. The molecule has 1 aromatic carbocycles. The average molecular weight is 354 g/mol. The predicted octanol–water partition coefficient (Wildman–Crippen LogP) is 2.95. The van der Waals surface area contributed by atoms with E-state index in [-0.39, 0.29) is 11.9 Å². The fourth-order valence-corrected chi connectivity index (χ4v) is 4.27. The van der Waals surface area contributed by atoms with Gasteiger partial charge in [0, 0.05) is 29.4 Å². The molecule has 3 heterocycles. The number of likely N-dealkylation sites (tertiary alicyclic amines) is 1. The molecule has 130 valence electrons. The number of hydrogen-bond donors (Lipinski definition) is 2. The Labute approximate surface area is 151 Å². The van der Waals surface area contributed by atoms with Crippen LogP contribution in [0.2, 0.25) is 0 Å². The van der Waals surface area contributed by atoms with E-state index in [1.807, 2.05) is 24.3 Å². The molecular formula is C19H22N4OS. The van der Waals surface area contributed by atoms with Gasteiger partial charge in [-0.15, -0.1) is 11.3 Å². The second-order valence-corrected chi connectivity index (χ2v) is 7.65.